The molecule has 2 aromatic carbocycles. The largest absolute Gasteiger partial charge is 0.396 e. The van der Waals surface area contributed by atoms with Crippen molar-refractivity contribution in [1.29, 1.82) is 0 Å². The zero-order valence-electron chi connectivity index (χ0n) is 13.7. The predicted octanol–water partition coefficient (Wildman–Crippen LogP) is 4.86. The first-order valence-corrected chi connectivity index (χ1v) is 8.53. The molecule has 0 saturated carbocycles. The summed E-state index contributed by atoms with van der Waals surface area (Å²) >= 11 is 11.9. The van der Waals surface area contributed by atoms with Crippen LogP contribution in [-0.2, 0) is 6.54 Å². The summed E-state index contributed by atoms with van der Waals surface area (Å²) in [5.74, 6) is -0.495. The molecule has 0 aliphatic heterocycles. The van der Waals surface area contributed by atoms with Gasteiger partial charge in [-0.1, -0.05) is 35.3 Å². The lowest BCUT2D eigenvalue weighted by Crippen LogP contribution is -2.35. The molecule has 4 nitrogen and oxygen atoms in total. The molecule has 0 aliphatic rings. The quantitative estimate of drug-likeness (QED) is 0.747. The first-order valence-electron chi connectivity index (χ1n) is 7.77. The highest BCUT2D eigenvalue weighted by Gasteiger charge is 2.16. The fraction of sp³-hybridized carbons (Fsp3) is 0.278. The van der Waals surface area contributed by atoms with Crippen molar-refractivity contribution in [2.45, 2.75) is 19.9 Å². The molecule has 0 fully saturated rings. The maximum Gasteiger partial charge on any atom is 0.322 e. The number of nitrogens with one attached hydrogen (secondary N) is 1. The number of hydrogen-bond acceptors (Lipinski definition) is 2. The van der Waals surface area contributed by atoms with Crippen LogP contribution in [0.5, 0.6) is 0 Å². The Kier molecular flexibility index (Phi) is 7.05. The molecule has 134 valence electrons. The molecular weight excluding hydrogens is 366 g/mol. The second-order valence-electron chi connectivity index (χ2n) is 5.66. The summed E-state index contributed by atoms with van der Waals surface area (Å²) in [6.07, 6.45) is 0.408. The second kappa shape index (κ2) is 9.04. The van der Waals surface area contributed by atoms with E-state index in [0.29, 0.717) is 23.0 Å². The molecule has 0 aromatic heterocycles. The Balaban J connectivity index is 2.14. The van der Waals surface area contributed by atoms with Crippen molar-refractivity contribution in [3.05, 3.63) is 63.4 Å². The van der Waals surface area contributed by atoms with Gasteiger partial charge in [-0.15, -0.1) is 0 Å². The number of aryl methyl sites for hydroxylation is 1. The first-order chi connectivity index (χ1) is 11.9. The van der Waals surface area contributed by atoms with Crippen LogP contribution in [0.4, 0.5) is 14.9 Å². The highest BCUT2D eigenvalue weighted by atomic mass is 35.5. The number of hydrogen-bond donors (Lipinski definition) is 2. The van der Waals surface area contributed by atoms with Gasteiger partial charge in [0, 0.05) is 19.7 Å². The van der Waals surface area contributed by atoms with Gasteiger partial charge in [0.2, 0.25) is 0 Å². The van der Waals surface area contributed by atoms with E-state index in [4.69, 9.17) is 28.3 Å². The number of aliphatic hydroxyl groups excluding tert-OH is 1. The minimum Gasteiger partial charge on any atom is -0.396 e. The average molecular weight is 385 g/mol. The summed E-state index contributed by atoms with van der Waals surface area (Å²) < 4.78 is 13.9. The lowest BCUT2D eigenvalue weighted by atomic mass is 10.2. The van der Waals surface area contributed by atoms with Crippen LogP contribution in [0.15, 0.2) is 36.4 Å². The van der Waals surface area contributed by atoms with Crippen LogP contribution in [-0.4, -0.2) is 29.2 Å². The molecule has 0 radical (unpaired) electrons. The Labute approximate surface area is 156 Å². The smallest absolute Gasteiger partial charge is 0.322 e. The van der Waals surface area contributed by atoms with E-state index >= 15 is 0 Å². The topological polar surface area (TPSA) is 52.6 Å². The molecular formula is C18H19Cl2FN2O2. The van der Waals surface area contributed by atoms with Crippen LogP contribution in [0, 0.1) is 12.7 Å². The van der Waals surface area contributed by atoms with Gasteiger partial charge in [-0.25, -0.2) is 9.18 Å². The number of benzene rings is 2. The third kappa shape index (κ3) is 5.59. The maximum atomic E-state index is 13.9. The number of carbonyl (C=O) groups excluding carboxylic acids is 1. The summed E-state index contributed by atoms with van der Waals surface area (Å²) in [4.78, 5) is 14.0. The van der Waals surface area contributed by atoms with E-state index in [1.165, 1.54) is 17.0 Å². The van der Waals surface area contributed by atoms with Crippen LogP contribution in [0.1, 0.15) is 17.5 Å². The fourth-order valence-corrected chi connectivity index (χ4v) is 2.61. The molecule has 2 N–H and O–H groups in total. The van der Waals surface area contributed by atoms with E-state index in [9.17, 15) is 9.18 Å². The number of halogens is 3. The molecule has 0 saturated heterocycles. The van der Waals surface area contributed by atoms with Crippen molar-refractivity contribution in [2.24, 2.45) is 0 Å². The zero-order valence-corrected chi connectivity index (χ0v) is 15.2. The molecule has 0 bridgehead atoms. The zero-order chi connectivity index (χ0) is 18.4. The SMILES string of the molecule is Cc1ccc(NC(=O)N(CCCO)Cc2ccc(Cl)c(Cl)c2)c(F)c1. The lowest BCUT2D eigenvalue weighted by Gasteiger charge is -2.23. The molecule has 25 heavy (non-hydrogen) atoms. The van der Waals surface area contributed by atoms with Crippen molar-refractivity contribution < 1.29 is 14.3 Å². The third-order valence-electron chi connectivity index (χ3n) is 3.60. The van der Waals surface area contributed by atoms with Gasteiger partial charge in [-0.2, -0.15) is 0 Å². The van der Waals surface area contributed by atoms with Gasteiger partial charge < -0.3 is 15.3 Å². The predicted molar refractivity (Wildman–Crippen MR) is 98.7 cm³/mol. The highest BCUT2D eigenvalue weighted by Crippen LogP contribution is 2.23. The van der Waals surface area contributed by atoms with Gasteiger partial charge in [0.05, 0.1) is 15.7 Å². The number of anilines is 1. The van der Waals surface area contributed by atoms with Crippen molar-refractivity contribution in [3.8, 4) is 0 Å². The Morgan fingerprint density at radius 3 is 2.60 bits per heavy atom. The molecule has 2 aromatic rings. The summed E-state index contributed by atoms with van der Waals surface area (Å²) in [5.41, 5.74) is 1.66. The normalized spacial score (nSPS) is 10.6. The molecule has 0 spiro atoms. The standard InChI is InChI=1S/C18H19Cl2FN2O2/c1-12-3-6-17(16(21)9-12)22-18(25)23(7-2-8-24)11-13-4-5-14(19)15(20)10-13/h3-6,9-10,24H,2,7-8,11H2,1H3,(H,22,25). The third-order valence-corrected chi connectivity index (χ3v) is 4.34. The van der Waals surface area contributed by atoms with E-state index in [-0.39, 0.29) is 18.8 Å². The fourth-order valence-electron chi connectivity index (χ4n) is 2.29. The van der Waals surface area contributed by atoms with Crippen LogP contribution in [0.25, 0.3) is 0 Å². The summed E-state index contributed by atoms with van der Waals surface area (Å²) in [6, 6.07) is 9.23. The van der Waals surface area contributed by atoms with Crippen LogP contribution in [0.2, 0.25) is 10.0 Å². The van der Waals surface area contributed by atoms with Crippen LogP contribution < -0.4 is 5.32 Å². The summed E-state index contributed by atoms with van der Waals surface area (Å²) in [7, 11) is 0. The van der Waals surface area contributed by atoms with Crippen LogP contribution in [0.3, 0.4) is 0 Å². The van der Waals surface area contributed by atoms with Crippen molar-refractivity contribution in [3.63, 3.8) is 0 Å². The second-order valence-corrected chi connectivity index (χ2v) is 6.48. The molecule has 0 atom stereocenters. The maximum absolute atomic E-state index is 13.9. The van der Waals surface area contributed by atoms with Gasteiger partial charge in [0.25, 0.3) is 0 Å². The van der Waals surface area contributed by atoms with Gasteiger partial charge in [-0.3, -0.25) is 0 Å². The van der Waals surface area contributed by atoms with E-state index in [2.05, 4.69) is 5.32 Å². The number of nitrogens with zero attached hydrogens (tertiary/aromatic N) is 1. The molecule has 2 amide bonds. The van der Waals surface area contributed by atoms with Crippen molar-refractivity contribution >= 4 is 34.9 Å². The average Bonchev–Trinajstić information content (AvgIpc) is 2.57. The van der Waals surface area contributed by atoms with E-state index in [1.807, 2.05) is 0 Å². The number of rotatable bonds is 6. The first kappa shape index (κ1) is 19.5. The van der Waals surface area contributed by atoms with Crippen molar-refractivity contribution in [1.82, 2.24) is 4.90 Å². The monoisotopic (exact) mass is 384 g/mol. The van der Waals surface area contributed by atoms with Gasteiger partial charge in [-0.05, 0) is 48.7 Å². The number of urea groups is 1. The van der Waals surface area contributed by atoms with Gasteiger partial charge >= 0.3 is 6.03 Å². The number of aliphatic hydroxyl groups is 1. The molecule has 0 unspecified atom stereocenters. The van der Waals surface area contributed by atoms with Crippen LogP contribution >= 0.6 is 23.2 Å². The Morgan fingerprint density at radius 2 is 1.96 bits per heavy atom. The number of carbonyl (C=O) groups is 1. The Hall–Kier alpha value is -1.82. The van der Waals surface area contributed by atoms with Gasteiger partial charge in [0.1, 0.15) is 5.82 Å². The minimum absolute atomic E-state index is 0.0515. The molecule has 2 rings (SSSR count). The van der Waals surface area contributed by atoms with Crippen molar-refractivity contribution in [2.75, 3.05) is 18.5 Å². The van der Waals surface area contributed by atoms with E-state index in [0.717, 1.165) is 11.1 Å². The summed E-state index contributed by atoms with van der Waals surface area (Å²) in [5, 5.41) is 12.4. The number of amides is 2. The lowest BCUT2D eigenvalue weighted by molar-refractivity contribution is 0.199. The molecule has 0 heterocycles. The Bertz CT molecular complexity index is 756. The Morgan fingerprint density at radius 1 is 1.20 bits per heavy atom. The van der Waals surface area contributed by atoms with E-state index in [1.54, 1.807) is 31.2 Å². The van der Waals surface area contributed by atoms with E-state index < -0.39 is 11.8 Å². The van der Waals surface area contributed by atoms with Gasteiger partial charge in [0.15, 0.2) is 0 Å². The highest BCUT2D eigenvalue weighted by molar-refractivity contribution is 6.42. The molecule has 0 aliphatic carbocycles. The minimum atomic E-state index is -0.495. The molecule has 7 heteroatoms. The summed E-state index contributed by atoms with van der Waals surface area (Å²) in [6.45, 7) is 2.29.